The second-order valence-electron chi connectivity index (χ2n) is 10.1. The Balaban J connectivity index is 0.000000230. The maximum absolute atomic E-state index is 11.7. The van der Waals surface area contributed by atoms with E-state index < -0.39 is 25.2 Å². The zero-order valence-corrected chi connectivity index (χ0v) is 25.7. The number of hydrogen-bond acceptors (Lipinski definition) is 6. The SMILES string of the molecule is CC1CC(=O)C=C(c2ccc(OCC(=O)O)c(Cl)c2Cl)C1.CC1CC(=O)C=C(c2ccc(OCC(=O)O)c(Cl)c2Cl)C1. The van der Waals surface area contributed by atoms with Crippen molar-refractivity contribution in [3.8, 4) is 11.5 Å². The normalized spacial score (nSPS) is 18.3. The van der Waals surface area contributed by atoms with Gasteiger partial charge in [0.2, 0.25) is 0 Å². The van der Waals surface area contributed by atoms with Gasteiger partial charge in [-0.3, -0.25) is 9.59 Å². The predicted molar refractivity (Wildman–Crippen MR) is 162 cm³/mol. The number of carboxylic acid groups (broad SMARTS) is 2. The molecule has 0 amide bonds. The fraction of sp³-hybridized carbons (Fsp3) is 0.333. The molecule has 12 heteroatoms. The molecule has 2 aromatic rings. The fourth-order valence-corrected chi connectivity index (χ4v) is 5.64. The smallest absolute Gasteiger partial charge is 0.341 e. The van der Waals surface area contributed by atoms with Crippen LogP contribution in [-0.4, -0.2) is 46.9 Å². The number of hydrogen-bond donors (Lipinski definition) is 2. The predicted octanol–water partition coefficient (Wildman–Crippen LogP) is 7.68. The van der Waals surface area contributed by atoms with Gasteiger partial charge in [-0.25, -0.2) is 9.59 Å². The van der Waals surface area contributed by atoms with Gasteiger partial charge in [0.05, 0.1) is 10.0 Å². The maximum Gasteiger partial charge on any atom is 0.341 e. The van der Waals surface area contributed by atoms with Gasteiger partial charge in [-0.15, -0.1) is 0 Å². The van der Waals surface area contributed by atoms with Crippen molar-refractivity contribution >= 4 is 81.1 Å². The van der Waals surface area contributed by atoms with Crippen molar-refractivity contribution in [3.63, 3.8) is 0 Å². The fourth-order valence-electron chi connectivity index (χ4n) is 4.64. The molecule has 0 fully saturated rings. The van der Waals surface area contributed by atoms with E-state index in [2.05, 4.69) is 0 Å². The Morgan fingerprint density at radius 3 is 1.33 bits per heavy atom. The summed E-state index contributed by atoms with van der Waals surface area (Å²) in [6, 6.07) is 6.53. The highest BCUT2D eigenvalue weighted by molar-refractivity contribution is 6.44. The highest BCUT2D eigenvalue weighted by atomic mass is 35.5. The first-order valence-electron chi connectivity index (χ1n) is 12.9. The molecule has 0 aromatic heterocycles. The molecule has 0 saturated heterocycles. The Morgan fingerprint density at radius 1 is 0.667 bits per heavy atom. The Kier molecular flexibility index (Phi) is 11.9. The third-order valence-corrected chi connectivity index (χ3v) is 8.12. The summed E-state index contributed by atoms with van der Waals surface area (Å²) in [5.74, 6) is -1.11. The molecule has 0 aliphatic heterocycles. The Bertz CT molecular complexity index is 1350. The topological polar surface area (TPSA) is 127 Å². The van der Waals surface area contributed by atoms with Crippen LogP contribution in [0, 0.1) is 11.8 Å². The molecule has 224 valence electrons. The Morgan fingerprint density at radius 2 is 1.02 bits per heavy atom. The summed E-state index contributed by atoms with van der Waals surface area (Å²) in [7, 11) is 0. The average molecular weight is 658 g/mol. The zero-order valence-electron chi connectivity index (χ0n) is 22.7. The number of ketones is 2. The van der Waals surface area contributed by atoms with E-state index in [0.29, 0.717) is 24.0 Å². The molecule has 0 saturated carbocycles. The minimum atomic E-state index is -1.10. The molecular weight excluding hydrogens is 630 g/mol. The third-order valence-electron chi connectivity index (χ3n) is 6.39. The summed E-state index contributed by atoms with van der Waals surface area (Å²) in [5.41, 5.74) is 3.05. The average Bonchev–Trinajstić information content (AvgIpc) is 2.89. The van der Waals surface area contributed by atoms with Crippen LogP contribution >= 0.6 is 46.4 Å². The number of carboxylic acids is 2. The number of allylic oxidation sites excluding steroid dienone is 4. The minimum Gasteiger partial charge on any atom is -0.480 e. The summed E-state index contributed by atoms with van der Waals surface area (Å²) in [6.45, 7) is 3.02. The highest BCUT2D eigenvalue weighted by Crippen LogP contribution is 2.42. The van der Waals surface area contributed by atoms with Gasteiger partial charge in [-0.2, -0.15) is 0 Å². The van der Waals surface area contributed by atoms with E-state index in [1.165, 1.54) is 0 Å². The van der Waals surface area contributed by atoms with Crippen LogP contribution in [0.15, 0.2) is 36.4 Å². The van der Waals surface area contributed by atoms with Gasteiger partial charge in [0.1, 0.15) is 21.5 Å². The van der Waals surface area contributed by atoms with Gasteiger partial charge in [0.15, 0.2) is 24.8 Å². The van der Waals surface area contributed by atoms with E-state index in [1.807, 2.05) is 13.8 Å². The van der Waals surface area contributed by atoms with Crippen molar-refractivity contribution in [3.05, 3.63) is 67.6 Å². The molecule has 0 radical (unpaired) electrons. The van der Waals surface area contributed by atoms with E-state index in [9.17, 15) is 19.2 Å². The summed E-state index contributed by atoms with van der Waals surface area (Å²) in [6.07, 6.45) is 5.75. The first kappa shape index (κ1) is 33.5. The molecule has 2 N–H and O–H groups in total. The summed E-state index contributed by atoms with van der Waals surface area (Å²) < 4.78 is 10.1. The largest absolute Gasteiger partial charge is 0.480 e. The maximum atomic E-state index is 11.7. The number of benzene rings is 2. The van der Waals surface area contributed by atoms with Gasteiger partial charge in [0.25, 0.3) is 0 Å². The van der Waals surface area contributed by atoms with E-state index in [0.717, 1.165) is 24.0 Å². The Labute approximate surface area is 262 Å². The number of carbonyl (C=O) groups excluding carboxylic acids is 2. The van der Waals surface area contributed by atoms with E-state index >= 15 is 0 Å². The van der Waals surface area contributed by atoms with Crippen LogP contribution in [0.3, 0.4) is 0 Å². The molecule has 0 heterocycles. The quantitative estimate of drug-likeness (QED) is 0.296. The lowest BCUT2D eigenvalue weighted by atomic mass is 9.86. The van der Waals surface area contributed by atoms with Crippen LogP contribution in [0.2, 0.25) is 20.1 Å². The molecule has 2 aromatic carbocycles. The van der Waals surface area contributed by atoms with Gasteiger partial charge in [-0.05, 0) is 83.4 Å². The minimum absolute atomic E-state index is 0.0714. The van der Waals surface area contributed by atoms with Gasteiger partial charge in [0, 0.05) is 12.8 Å². The van der Waals surface area contributed by atoms with Crippen molar-refractivity contribution in [1.29, 1.82) is 0 Å². The number of ether oxygens (including phenoxy) is 2. The second kappa shape index (κ2) is 14.9. The van der Waals surface area contributed by atoms with Crippen LogP contribution in [0.5, 0.6) is 11.5 Å². The van der Waals surface area contributed by atoms with Crippen LogP contribution in [-0.2, 0) is 19.2 Å². The highest BCUT2D eigenvalue weighted by Gasteiger charge is 2.23. The lowest BCUT2D eigenvalue weighted by Gasteiger charge is -2.20. The molecule has 42 heavy (non-hydrogen) atoms. The van der Waals surface area contributed by atoms with E-state index in [-0.39, 0.29) is 55.0 Å². The number of rotatable bonds is 8. The number of halogens is 4. The van der Waals surface area contributed by atoms with Crippen molar-refractivity contribution in [2.24, 2.45) is 11.8 Å². The van der Waals surface area contributed by atoms with Gasteiger partial charge in [-0.1, -0.05) is 60.3 Å². The summed E-state index contributed by atoms with van der Waals surface area (Å²) in [4.78, 5) is 44.3. The molecular formula is C30H28Cl4O8. The lowest BCUT2D eigenvalue weighted by Crippen LogP contribution is -2.11. The molecule has 2 atom stereocenters. The molecule has 0 spiro atoms. The van der Waals surface area contributed by atoms with Crippen molar-refractivity contribution < 1.29 is 38.9 Å². The summed E-state index contributed by atoms with van der Waals surface area (Å²) >= 11 is 24.7. The van der Waals surface area contributed by atoms with Crippen molar-refractivity contribution in [2.45, 2.75) is 39.5 Å². The summed E-state index contributed by atoms with van der Waals surface area (Å²) in [5, 5.41) is 18.1. The molecule has 2 aliphatic carbocycles. The molecule has 0 bridgehead atoms. The molecule has 2 unspecified atom stereocenters. The first-order valence-corrected chi connectivity index (χ1v) is 14.4. The zero-order chi connectivity index (χ0) is 31.1. The van der Waals surface area contributed by atoms with Crippen LogP contribution in [0.1, 0.15) is 50.7 Å². The molecule has 2 aliphatic rings. The lowest BCUT2D eigenvalue weighted by molar-refractivity contribution is -0.140. The van der Waals surface area contributed by atoms with Crippen molar-refractivity contribution in [2.75, 3.05) is 13.2 Å². The standard InChI is InChI=1S/2C15H14Cl2O4/c2*1-8-4-9(6-10(18)5-8)11-2-3-12(15(17)14(11)16)21-7-13(19)20/h2*2-3,6,8H,4-5,7H2,1H3,(H,19,20). The van der Waals surface area contributed by atoms with Crippen molar-refractivity contribution in [1.82, 2.24) is 0 Å². The van der Waals surface area contributed by atoms with Crippen LogP contribution in [0.25, 0.3) is 11.1 Å². The van der Waals surface area contributed by atoms with E-state index in [1.54, 1.807) is 36.4 Å². The molecule has 8 nitrogen and oxygen atoms in total. The molecule has 4 rings (SSSR count). The van der Waals surface area contributed by atoms with Gasteiger partial charge < -0.3 is 19.7 Å². The van der Waals surface area contributed by atoms with Gasteiger partial charge >= 0.3 is 11.9 Å². The van der Waals surface area contributed by atoms with E-state index in [4.69, 9.17) is 66.1 Å². The van der Waals surface area contributed by atoms with Crippen LogP contribution in [0.4, 0.5) is 0 Å². The number of aliphatic carboxylic acids is 2. The third kappa shape index (κ3) is 8.98. The monoisotopic (exact) mass is 656 g/mol. The second-order valence-corrected chi connectivity index (χ2v) is 11.7. The number of carbonyl (C=O) groups is 4. The Hall–Kier alpha value is -3.04. The van der Waals surface area contributed by atoms with Crippen LogP contribution < -0.4 is 9.47 Å². The first-order chi connectivity index (χ1) is 19.8.